The average Bonchev–Trinajstić information content (AvgIpc) is 2.41. The van der Waals surface area contributed by atoms with Crippen molar-refractivity contribution >= 4 is 27.2 Å². The van der Waals surface area contributed by atoms with E-state index in [4.69, 9.17) is 22.7 Å². The normalized spacial score (nSPS) is 20.8. The number of ether oxygens (including phenoxy) is 1. The number of nitrogens with two attached hydrogens (primary N) is 1. The molecule has 110 valence electrons. The second kappa shape index (κ2) is 5.68. The van der Waals surface area contributed by atoms with Crippen LogP contribution in [-0.4, -0.2) is 43.5 Å². The van der Waals surface area contributed by atoms with Gasteiger partial charge in [0.05, 0.1) is 6.61 Å². The molecule has 5 nitrogen and oxygen atoms in total. The summed E-state index contributed by atoms with van der Waals surface area (Å²) in [5.74, 6) is -1.84. The second-order valence-electron chi connectivity index (χ2n) is 4.20. The minimum absolute atomic E-state index is 0.0182. The first-order valence-corrected chi connectivity index (χ1v) is 7.53. The topological polar surface area (TPSA) is 72.6 Å². The Morgan fingerprint density at radius 1 is 1.45 bits per heavy atom. The second-order valence-corrected chi connectivity index (χ2v) is 6.58. The lowest BCUT2D eigenvalue weighted by atomic mass is 10.3. The lowest BCUT2D eigenvalue weighted by molar-refractivity contribution is 0.0385. The predicted octanol–water partition coefficient (Wildman–Crippen LogP) is 0.640. The van der Waals surface area contributed by atoms with Gasteiger partial charge in [0.1, 0.15) is 27.6 Å². The van der Waals surface area contributed by atoms with Gasteiger partial charge in [0, 0.05) is 13.1 Å². The van der Waals surface area contributed by atoms with Crippen LogP contribution < -0.4 is 5.73 Å². The van der Waals surface area contributed by atoms with Gasteiger partial charge in [0.25, 0.3) is 0 Å². The van der Waals surface area contributed by atoms with Gasteiger partial charge in [-0.05, 0) is 18.2 Å². The van der Waals surface area contributed by atoms with Crippen LogP contribution in [0.5, 0.6) is 0 Å². The van der Waals surface area contributed by atoms with E-state index in [1.807, 2.05) is 0 Å². The van der Waals surface area contributed by atoms with Gasteiger partial charge in [-0.2, -0.15) is 4.31 Å². The van der Waals surface area contributed by atoms with Crippen molar-refractivity contribution in [1.29, 1.82) is 0 Å². The van der Waals surface area contributed by atoms with Gasteiger partial charge in [-0.1, -0.05) is 12.2 Å². The van der Waals surface area contributed by atoms with Crippen LogP contribution in [0.25, 0.3) is 0 Å². The maximum atomic E-state index is 13.6. The highest BCUT2D eigenvalue weighted by atomic mass is 32.2. The molecule has 20 heavy (non-hydrogen) atoms. The zero-order valence-corrected chi connectivity index (χ0v) is 11.9. The molecule has 9 heteroatoms. The van der Waals surface area contributed by atoms with Gasteiger partial charge < -0.3 is 10.5 Å². The van der Waals surface area contributed by atoms with Crippen molar-refractivity contribution < 1.29 is 21.9 Å². The summed E-state index contributed by atoms with van der Waals surface area (Å²) in [4.78, 5) is -0.689. The number of morpholine rings is 1. The van der Waals surface area contributed by atoms with E-state index in [-0.39, 0.29) is 24.7 Å². The molecule has 1 aliphatic rings. The molecule has 2 N–H and O–H groups in total. The third kappa shape index (κ3) is 2.95. The lowest BCUT2D eigenvalue weighted by Crippen LogP contribution is -2.49. The largest absolute Gasteiger partial charge is 0.391 e. The lowest BCUT2D eigenvalue weighted by Gasteiger charge is -2.31. The number of rotatable bonds is 3. The van der Waals surface area contributed by atoms with E-state index in [1.165, 1.54) is 0 Å². The van der Waals surface area contributed by atoms with Crippen molar-refractivity contribution in [3.63, 3.8) is 0 Å². The Hall–Kier alpha value is -1.16. The Kier molecular flexibility index (Phi) is 4.33. The molecule has 1 heterocycles. The molecular formula is C11H12F2N2O3S2. The molecule has 1 unspecified atom stereocenters. The molecule has 1 atom stereocenters. The van der Waals surface area contributed by atoms with E-state index in [0.717, 1.165) is 16.4 Å². The van der Waals surface area contributed by atoms with E-state index in [2.05, 4.69) is 0 Å². The van der Waals surface area contributed by atoms with E-state index in [9.17, 15) is 17.2 Å². The smallest absolute Gasteiger partial charge is 0.246 e. The van der Waals surface area contributed by atoms with Crippen LogP contribution in [0.4, 0.5) is 8.78 Å². The van der Waals surface area contributed by atoms with E-state index in [0.29, 0.717) is 6.07 Å². The first-order valence-electron chi connectivity index (χ1n) is 5.68. The van der Waals surface area contributed by atoms with E-state index < -0.39 is 32.7 Å². The molecule has 1 aromatic rings. The number of benzene rings is 1. The fourth-order valence-corrected chi connectivity index (χ4v) is 3.47. The quantitative estimate of drug-likeness (QED) is 0.827. The highest BCUT2D eigenvalue weighted by Crippen LogP contribution is 2.22. The predicted molar refractivity (Wildman–Crippen MR) is 71.6 cm³/mol. The van der Waals surface area contributed by atoms with Crippen LogP contribution in [-0.2, 0) is 14.8 Å². The van der Waals surface area contributed by atoms with Crippen molar-refractivity contribution in [3.05, 3.63) is 29.8 Å². The average molecular weight is 322 g/mol. The molecule has 1 fully saturated rings. The Morgan fingerprint density at radius 3 is 2.80 bits per heavy atom. The van der Waals surface area contributed by atoms with Crippen LogP contribution in [0, 0.1) is 11.6 Å². The third-order valence-corrected chi connectivity index (χ3v) is 5.00. The molecule has 1 aliphatic heterocycles. The number of hydrogen-bond acceptors (Lipinski definition) is 4. The van der Waals surface area contributed by atoms with Gasteiger partial charge in [-0.25, -0.2) is 17.2 Å². The Balaban J connectivity index is 2.35. The third-order valence-electron chi connectivity index (χ3n) is 2.86. The van der Waals surface area contributed by atoms with E-state index >= 15 is 0 Å². The van der Waals surface area contributed by atoms with Crippen molar-refractivity contribution in [2.45, 2.75) is 11.0 Å². The van der Waals surface area contributed by atoms with Gasteiger partial charge >= 0.3 is 0 Å². The summed E-state index contributed by atoms with van der Waals surface area (Å²) in [7, 11) is -4.16. The molecular weight excluding hydrogens is 310 g/mol. The van der Waals surface area contributed by atoms with Crippen LogP contribution in [0.15, 0.2) is 23.1 Å². The highest BCUT2D eigenvalue weighted by molar-refractivity contribution is 7.89. The summed E-state index contributed by atoms with van der Waals surface area (Å²) >= 11 is 4.75. The fraction of sp³-hybridized carbons (Fsp3) is 0.364. The molecule has 0 saturated carbocycles. The fourth-order valence-electron chi connectivity index (χ4n) is 1.83. The highest BCUT2D eigenvalue weighted by Gasteiger charge is 2.33. The van der Waals surface area contributed by atoms with Crippen molar-refractivity contribution in [3.8, 4) is 0 Å². The van der Waals surface area contributed by atoms with E-state index in [1.54, 1.807) is 0 Å². The Bertz CT molecular complexity index is 637. The number of nitrogens with zero attached hydrogens (tertiary/aromatic N) is 1. The molecule has 0 amide bonds. The molecule has 0 bridgehead atoms. The molecule has 0 aromatic heterocycles. The number of hydrogen-bond donors (Lipinski definition) is 1. The van der Waals surface area contributed by atoms with Gasteiger partial charge in [0.2, 0.25) is 10.0 Å². The minimum atomic E-state index is -4.16. The summed E-state index contributed by atoms with van der Waals surface area (Å²) in [5, 5.41) is 0. The standard InChI is InChI=1S/C11H12F2N2O3S2/c12-7-1-2-8(13)10(5-7)20(16,17)15-3-4-18-9(6-15)11(14)19/h1-2,5,9H,3-4,6H2,(H2,14,19). The number of sulfonamides is 1. The monoisotopic (exact) mass is 322 g/mol. The summed E-state index contributed by atoms with van der Waals surface area (Å²) in [5.41, 5.74) is 5.42. The van der Waals surface area contributed by atoms with Crippen LogP contribution in [0.3, 0.4) is 0 Å². The van der Waals surface area contributed by atoms with Crippen molar-refractivity contribution in [1.82, 2.24) is 4.31 Å². The summed E-state index contributed by atoms with van der Waals surface area (Å²) in [6.07, 6.45) is -0.731. The summed E-state index contributed by atoms with van der Waals surface area (Å²) in [6.45, 7) is -0.0107. The Morgan fingerprint density at radius 2 is 2.15 bits per heavy atom. The van der Waals surface area contributed by atoms with Crippen LogP contribution >= 0.6 is 12.2 Å². The molecule has 0 spiro atoms. The zero-order valence-electron chi connectivity index (χ0n) is 10.3. The van der Waals surface area contributed by atoms with Crippen LogP contribution in [0.1, 0.15) is 0 Å². The molecule has 1 saturated heterocycles. The minimum Gasteiger partial charge on any atom is -0.391 e. The number of thiocarbonyl (C=S) groups is 1. The maximum Gasteiger partial charge on any atom is 0.246 e. The Labute approximate surface area is 120 Å². The van der Waals surface area contributed by atoms with Gasteiger partial charge in [-0.15, -0.1) is 0 Å². The number of halogens is 2. The molecule has 2 rings (SSSR count). The molecule has 0 radical (unpaired) electrons. The van der Waals surface area contributed by atoms with Crippen molar-refractivity contribution in [2.24, 2.45) is 5.73 Å². The molecule has 0 aliphatic carbocycles. The van der Waals surface area contributed by atoms with Gasteiger partial charge in [-0.3, -0.25) is 0 Å². The summed E-state index contributed by atoms with van der Waals surface area (Å²) in [6, 6.07) is 2.27. The summed E-state index contributed by atoms with van der Waals surface area (Å²) < 4.78 is 57.6. The van der Waals surface area contributed by atoms with Crippen molar-refractivity contribution in [2.75, 3.05) is 19.7 Å². The first-order chi connectivity index (χ1) is 9.32. The maximum absolute atomic E-state index is 13.6. The van der Waals surface area contributed by atoms with Crippen LogP contribution in [0.2, 0.25) is 0 Å². The zero-order chi connectivity index (χ0) is 14.9. The first kappa shape index (κ1) is 15.2. The van der Waals surface area contributed by atoms with Gasteiger partial charge in [0.15, 0.2) is 0 Å². The SMILES string of the molecule is NC(=S)C1CN(S(=O)(=O)c2cc(F)ccc2F)CCO1. The molecule has 1 aromatic carbocycles.